The second-order valence-electron chi connectivity index (χ2n) is 5.23. The Bertz CT molecular complexity index is 546. The molecule has 0 amide bonds. The summed E-state index contributed by atoms with van der Waals surface area (Å²) in [6.45, 7) is 2.90. The van der Waals surface area contributed by atoms with Gasteiger partial charge in [0.1, 0.15) is 0 Å². The van der Waals surface area contributed by atoms with E-state index >= 15 is 0 Å². The number of ether oxygens (including phenoxy) is 1. The smallest absolute Gasteiger partial charge is 0.0551 e. The number of nitrogens with two attached hydrogens (primary N) is 1. The van der Waals surface area contributed by atoms with Gasteiger partial charge in [-0.15, -0.1) is 0 Å². The van der Waals surface area contributed by atoms with Gasteiger partial charge in [0.25, 0.3) is 0 Å². The van der Waals surface area contributed by atoms with E-state index in [-0.39, 0.29) is 6.04 Å². The van der Waals surface area contributed by atoms with Crippen LogP contribution < -0.4 is 5.73 Å². The first kappa shape index (κ1) is 11.7. The van der Waals surface area contributed by atoms with Gasteiger partial charge in [0.15, 0.2) is 0 Å². The minimum atomic E-state index is 0.0704. The van der Waals surface area contributed by atoms with Crippen LogP contribution in [0.1, 0.15) is 24.9 Å². The van der Waals surface area contributed by atoms with Crippen LogP contribution in [-0.2, 0) is 4.74 Å². The van der Waals surface area contributed by atoms with Gasteiger partial charge < -0.3 is 10.5 Å². The summed E-state index contributed by atoms with van der Waals surface area (Å²) in [6.07, 6.45) is 1.40. The Balaban J connectivity index is 1.98. The molecule has 94 valence electrons. The fraction of sp³-hybridized carbons (Fsp3) is 0.375. The molecule has 1 heterocycles. The summed E-state index contributed by atoms with van der Waals surface area (Å²) in [4.78, 5) is 0. The zero-order chi connectivity index (χ0) is 12.5. The third kappa shape index (κ3) is 2.02. The molecule has 1 aliphatic heterocycles. The van der Waals surface area contributed by atoms with E-state index in [1.807, 2.05) is 0 Å². The van der Waals surface area contributed by atoms with Crippen molar-refractivity contribution >= 4 is 10.8 Å². The second-order valence-corrected chi connectivity index (χ2v) is 5.23. The molecular weight excluding hydrogens is 222 g/mol. The molecule has 2 aromatic rings. The summed E-state index contributed by atoms with van der Waals surface area (Å²) in [5, 5.41) is 2.53. The molecule has 2 nitrogen and oxygen atoms in total. The highest BCUT2D eigenvalue weighted by Crippen LogP contribution is 2.33. The van der Waals surface area contributed by atoms with Crippen molar-refractivity contribution in [1.29, 1.82) is 0 Å². The van der Waals surface area contributed by atoms with Gasteiger partial charge >= 0.3 is 0 Å². The largest absolute Gasteiger partial charge is 0.378 e. The Morgan fingerprint density at radius 1 is 1.17 bits per heavy atom. The van der Waals surface area contributed by atoms with E-state index in [0.29, 0.717) is 12.0 Å². The van der Waals surface area contributed by atoms with Crippen molar-refractivity contribution in [1.82, 2.24) is 0 Å². The number of fused-ring (bicyclic) bond motifs is 1. The Labute approximate surface area is 108 Å². The van der Waals surface area contributed by atoms with Crippen LogP contribution in [0.25, 0.3) is 10.8 Å². The lowest BCUT2D eigenvalue weighted by atomic mass is 9.89. The van der Waals surface area contributed by atoms with Crippen molar-refractivity contribution in [3.05, 3.63) is 48.0 Å². The molecule has 1 fully saturated rings. The lowest BCUT2D eigenvalue weighted by Gasteiger charge is -2.20. The lowest BCUT2D eigenvalue weighted by Crippen LogP contribution is -2.22. The molecule has 3 rings (SSSR count). The fourth-order valence-electron chi connectivity index (χ4n) is 2.90. The van der Waals surface area contributed by atoms with Crippen molar-refractivity contribution in [2.45, 2.75) is 25.5 Å². The van der Waals surface area contributed by atoms with Crippen molar-refractivity contribution < 1.29 is 4.74 Å². The molecule has 2 aromatic carbocycles. The third-order valence-corrected chi connectivity index (χ3v) is 3.92. The van der Waals surface area contributed by atoms with Crippen molar-refractivity contribution in [3.8, 4) is 0 Å². The molecule has 0 bridgehead atoms. The van der Waals surface area contributed by atoms with Crippen LogP contribution in [0.2, 0.25) is 0 Å². The minimum absolute atomic E-state index is 0.0704. The van der Waals surface area contributed by atoms with Crippen LogP contribution in [-0.4, -0.2) is 12.7 Å². The molecule has 0 aliphatic carbocycles. The Hall–Kier alpha value is -1.38. The predicted molar refractivity (Wildman–Crippen MR) is 74.4 cm³/mol. The van der Waals surface area contributed by atoms with Crippen LogP contribution in [0.4, 0.5) is 0 Å². The van der Waals surface area contributed by atoms with Crippen molar-refractivity contribution in [2.75, 3.05) is 6.61 Å². The molecule has 0 aromatic heterocycles. The number of hydrogen-bond donors (Lipinski definition) is 1. The Morgan fingerprint density at radius 2 is 1.94 bits per heavy atom. The van der Waals surface area contributed by atoms with Crippen LogP contribution in [0.15, 0.2) is 42.5 Å². The van der Waals surface area contributed by atoms with E-state index in [1.165, 1.54) is 16.3 Å². The summed E-state index contributed by atoms with van der Waals surface area (Å²) >= 11 is 0. The number of hydrogen-bond acceptors (Lipinski definition) is 2. The second kappa shape index (κ2) is 4.71. The van der Waals surface area contributed by atoms with Crippen LogP contribution in [0.5, 0.6) is 0 Å². The molecule has 3 unspecified atom stereocenters. The van der Waals surface area contributed by atoms with E-state index in [4.69, 9.17) is 10.5 Å². The van der Waals surface area contributed by atoms with Gasteiger partial charge in [-0.3, -0.25) is 0 Å². The molecule has 2 heteroatoms. The average Bonchev–Trinajstić information content (AvgIpc) is 2.84. The lowest BCUT2D eigenvalue weighted by molar-refractivity contribution is 0.118. The zero-order valence-electron chi connectivity index (χ0n) is 10.7. The highest BCUT2D eigenvalue weighted by Gasteiger charge is 2.28. The average molecular weight is 241 g/mol. The van der Waals surface area contributed by atoms with Gasteiger partial charge in [-0.2, -0.15) is 0 Å². The molecule has 0 radical (unpaired) electrons. The maximum absolute atomic E-state index is 6.45. The van der Waals surface area contributed by atoms with Crippen LogP contribution >= 0.6 is 0 Å². The first-order chi connectivity index (χ1) is 8.75. The maximum Gasteiger partial charge on any atom is 0.0551 e. The molecule has 3 atom stereocenters. The van der Waals surface area contributed by atoms with E-state index in [2.05, 4.69) is 49.4 Å². The zero-order valence-corrected chi connectivity index (χ0v) is 10.7. The number of benzene rings is 2. The third-order valence-electron chi connectivity index (χ3n) is 3.92. The van der Waals surface area contributed by atoms with Crippen LogP contribution in [0, 0.1) is 5.92 Å². The van der Waals surface area contributed by atoms with Crippen LogP contribution in [0.3, 0.4) is 0 Å². The molecular formula is C16H19NO. The van der Waals surface area contributed by atoms with Gasteiger partial charge in [0, 0.05) is 12.0 Å². The molecule has 0 saturated carbocycles. The molecule has 0 spiro atoms. The highest BCUT2D eigenvalue weighted by atomic mass is 16.5. The van der Waals surface area contributed by atoms with E-state index < -0.39 is 0 Å². The van der Waals surface area contributed by atoms with E-state index in [9.17, 15) is 0 Å². The summed E-state index contributed by atoms with van der Waals surface area (Å²) in [6, 6.07) is 14.9. The highest BCUT2D eigenvalue weighted by molar-refractivity contribution is 5.86. The quantitative estimate of drug-likeness (QED) is 0.875. The summed E-state index contributed by atoms with van der Waals surface area (Å²) in [5.41, 5.74) is 7.69. The predicted octanol–water partition coefficient (Wildman–Crippen LogP) is 3.26. The molecule has 1 saturated heterocycles. The topological polar surface area (TPSA) is 35.2 Å². The Kier molecular flexibility index (Phi) is 3.06. The van der Waals surface area contributed by atoms with E-state index in [0.717, 1.165) is 13.0 Å². The minimum Gasteiger partial charge on any atom is -0.378 e. The van der Waals surface area contributed by atoms with Gasteiger partial charge in [-0.1, -0.05) is 42.5 Å². The maximum atomic E-state index is 6.45. The van der Waals surface area contributed by atoms with Gasteiger partial charge in [-0.25, -0.2) is 0 Å². The normalized spacial score (nSPS) is 25.4. The fourth-order valence-corrected chi connectivity index (χ4v) is 2.90. The SMILES string of the molecule is CC1CC(C(N)c2cccc3ccccc23)CO1. The summed E-state index contributed by atoms with van der Waals surface area (Å²) in [7, 11) is 0. The summed E-state index contributed by atoms with van der Waals surface area (Å²) in [5.74, 6) is 0.436. The van der Waals surface area contributed by atoms with Gasteiger partial charge in [0.2, 0.25) is 0 Å². The molecule has 18 heavy (non-hydrogen) atoms. The van der Waals surface area contributed by atoms with Crippen molar-refractivity contribution in [2.24, 2.45) is 11.7 Å². The first-order valence-electron chi connectivity index (χ1n) is 6.60. The standard InChI is InChI=1S/C16H19NO/c1-11-9-13(10-18-11)16(17)15-8-4-6-12-5-2-3-7-14(12)15/h2-8,11,13,16H,9-10,17H2,1H3. The first-order valence-corrected chi connectivity index (χ1v) is 6.60. The van der Waals surface area contributed by atoms with Crippen molar-refractivity contribution in [3.63, 3.8) is 0 Å². The number of rotatable bonds is 2. The van der Waals surface area contributed by atoms with Gasteiger partial charge in [-0.05, 0) is 29.7 Å². The monoisotopic (exact) mass is 241 g/mol. The van der Waals surface area contributed by atoms with E-state index in [1.54, 1.807) is 0 Å². The summed E-state index contributed by atoms with van der Waals surface area (Å²) < 4.78 is 5.64. The Morgan fingerprint density at radius 3 is 2.72 bits per heavy atom. The van der Waals surface area contributed by atoms with Gasteiger partial charge in [0.05, 0.1) is 12.7 Å². The molecule has 2 N–H and O–H groups in total. The molecule has 1 aliphatic rings.